The molecule has 4 rings (SSSR count). The van der Waals surface area contributed by atoms with Crippen LogP contribution in [0.15, 0.2) is 54.7 Å². The largest absolute Gasteiger partial charge is 0.507 e. The number of phenols is 1. The summed E-state index contributed by atoms with van der Waals surface area (Å²) in [6.45, 7) is 0. The van der Waals surface area contributed by atoms with Crippen LogP contribution in [0.1, 0.15) is 0 Å². The molecule has 102 valence electrons. The van der Waals surface area contributed by atoms with Crippen molar-refractivity contribution in [2.45, 2.75) is 0 Å². The van der Waals surface area contributed by atoms with Gasteiger partial charge in [-0.15, -0.1) is 0 Å². The number of hydrogen-bond donors (Lipinski definition) is 1. The molecule has 1 N–H and O–H groups in total. The van der Waals surface area contributed by atoms with Crippen molar-refractivity contribution in [3.63, 3.8) is 0 Å². The van der Waals surface area contributed by atoms with Crippen LogP contribution >= 0.6 is 0 Å². The third-order valence-electron chi connectivity index (χ3n) is 3.87. The van der Waals surface area contributed by atoms with Crippen molar-refractivity contribution in [3.8, 4) is 11.5 Å². The SMILES string of the molecule is COc1ccc2cc(O)c3cnc4ccccc4c3c2c1. The molecule has 1 heterocycles. The first kappa shape index (κ1) is 12.0. The molecule has 0 amide bonds. The lowest BCUT2D eigenvalue weighted by molar-refractivity contribution is 0.415. The van der Waals surface area contributed by atoms with E-state index in [-0.39, 0.29) is 5.75 Å². The molecule has 3 nitrogen and oxygen atoms in total. The molecule has 0 fully saturated rings. The van der Waals surface area contributed by atoms with Crippen LogP contribution in [0.4, 0.5) is 0 Å². The lowest BCUT2D eigenvalue weighted by atomic mass is 9.98. The van der Waals surface area contributed by atoms with Gasteiger partial charge in [0.2, 0.25) is 0 Å². The Bertz CT molecular complexity index is 992. The molecule has 0 saturated carbocycles. The highest BCUT2D eigenvalue weighted by Crippen LogP contribution is 2.37. The van der Waals surface area contributed by atoms with Crippen LogP contribution in [-0.2, 0) is 0 Å². The summed E-state index contributed by atoms with van der Waals surface area (Å²) < 4.78 is 5.34. The second kappa shape index (κ2) is 4.35. The molecule has 3 heteroatoms. The van der Waals surface area contributed by atoms with Crippen molar-refractivity contribution in [2.24, 2.45) is 0 Å². The summed E-state index contributed by atoms with van der Waals surface area (Å²) in [6, 6.07) is 15.6. The summed E-state index contributed by atoms with van der Waals surface area (Å²) in [4.78, 5) is 4.43. The average molecular weight is 275 g/mol. The molecule has 1 aromatic heterocycles. The molecule has 4 aromatic rings. The number of hydrogen-bond acceptors (Lipinski definition) is 3. The van der Waals surface area contributed by atoms with Crippen LogP contribution in [0.2, 0.25) is 0 Å². The number of phenolic OH excluding ortho intramolecular Hbond substituents is 1. The Balaban J connectivity index is 2.32. The van der Waals surface area contributed by atoms with E-state index in [1.807, 2.05) is 42.5 Å². The van der Waals surface area contributed by atoms with Crippen LogP contribution in [0.3, 0.4) is 0 Å². The predicted molar refractivity (Wildman–Crippen MR) is 85.0 cm³/mol. The highest BCUT2D eigenvalue weighted by molar-refractivity contribution is 6.21. The summed E-state index contributed by atoms with van der Waals surface area (Å²) in [7, 11) is 1.66. The molecule has 0 bridgehead atoms. The maximum absolute atomic E-state index is 10.3. The van der Waals surface area contributed by atoms with Gasteiger partial charge in [-0.25, -0.2) is 0 Å². The van der Waals surface area contributed by atoms with E-state index in [9.17, 15) is 5.11 Å². The first-order valence-electron chi connectivity index (χ1n) is 6.75. The Morgan fingerprint density at radius 1 is 0.952 bits per heavy atom. The molecule has 0 saturated heterocycles. The fourth-order valence-corrected chi connectivity index (χ4v) is 2.86. The van der Waals surface area contributed by atoms with Gasteiger partial charge in [0.05, 0.1) is 12.6 Å². The van der Waals surface area contributed by atoms with Crippen molar-refractivity contribution < 1.29 is 9.84 Å². The van der Waals surface area contributed by atoms with E-state index in [1.165, 1.54) is 0 Å². The number of aromatic nitrogens is 1. The van der Waals surface area contributed by atoms with Gasteiger partial charge in [0.25, 0.3) is 0 Å². The van der Waals surface area contributed by atoms with Gasteiger partial charge in [-0.2, -0.15) is 0 Å². The number of rotatable bonds is 1. The summed E-state index contributed by atoms with van der Waals surface area (Å²) in [5.41, 5.74) is 0.916. The predicted octanol–water partition coefficient (Wildman–Crippen LogP) is 4.26. The van der Waals surface area contributed by atoms with Crippen LogP contribution in [0.5, 0.6) is 11.5 Å². The third-order valence-corrected chi connectivity index (χ3v) is 3.87. The summed E-state index contributed by atoms with van der Waals surface area (Å²) in [5, 5.41) is 15.1. The summed E-state index contributed by atoms with van der Waals surface area (Å²) >= 11 is 0. The fraction of sp³-hybridized carbons (Fsp3) is 0.0556. The average Bonchev–Trinajstić information content (AvgIpc) is 2.54. The number of pyridine rings is 1. The van der Waals surface area contributed by atoms with Gasteiger partial charge < -0.3 is 9.84 Å². The van der Waals surface area contributed by atoms with Crippen LogP contribution in [-0.4, -0.2) is 17.2 Å². The summed E-state index contributed by atoms with van der Waals surface area (Å²) in [5.74, 6) is 1.05. The molecule has 3 aromatic carbocycles. The smallest absolute Gasteiger partial charge is 0.125 e. The van der Waals surface area contributed by atoms with E-state index >= 15 is 0 Å². The summed E-state index contributed by atoms with van der Waals surface area (Å²) in [6.07, 6.45) is 1.73. The number of methoxy groups -OCH3 is 1. The lowest BCUT2D eigenvalue weighted by Crippen LogP contribution is -1.87. The van der Waals surface area contributed by atoms with Crippen molar-refractivity contribution >= 4 is 32.4 Å². The number of ether oxygens (including phenoxy) is 1. The first-order chi connectivity index (χ1) is 10.3. The van der Waals surface area contributed by atoms with Crippen LogP contribution in [0.25, 0.3) is 32.4 Å². The molecule has 0 aliphatic rings. The highest BCUT2D eigenvalue weighted by Gasteiger charge is 2.10. The molecule has 0 atom stereocenters. The standard InChI is InChI=1S/C18H13NO2/c1-21-12-7-6-11-8-17(20)15-10-19-16-5-3-2-4-13(16)18(15)14(11)9-12/h2-10,20H,1H3. The number of benzene rings is 3. The number of para-hydroxylation sites is 1. The van der Waals surface area contributed by atoms with Crippen LogP contribution in [0, 0.1) is 0 Å². The second-order valence-corrected chi connectivity index (χ2v) is 5.05. The third kappa shape index (κ3) is 1.71. The maximum Gasteiger partial charge on any atom is 0.125 e. The lowest BCUT2D eigenvalue weighted by Gasteiger charge is -2.10. The minimum absolute atomic E-state index is 0.251. The van der Waals surface area contributed by atoms with E-state index in [4.69, 9.17) is 4.74 Å². The van der Waals surface area contributed by atoms with Crippen molar-refractivity contribution in [1.29, 1.82) is 0 Å². The molecule has 0 radical (unpaired) electrons. The monoisotopic (exact) mass is 275 g/mol. The normalized spacial score (nSPS) is 11.3. The zero-order chi connectivity index (χ0) is 14.4. The van der Waals surface area contributed by atoms with Crippen LogP contribution < -0.4 is 4.74 Å². The molecular formula is C18H13NO2. The van der Waals surface area contributed by atoms with E-state index in [0.717, 1.165) is 38.2 Å². The Morgan fingerprint density at radius 3 is 2.67 bits per heavy atom. The molecule has 0 unspecified atom stereocenters. The molecule has 0 aliphatic carbocycles. The van der Waals surface area contributed by atoms with Crippen molar-refractivity contribution in [1.82, 2.24) is 4.98 Å². The minimum Gasteiger partial charge on any atom is -0.507 e. The van der Waals surface area contributed by atoms with Gasteiger partial charge >= 0.3 is 0 Å². The zero-order valence-corrected chi connectivity index (χ0v) is 11.5. The minimum atomic E-state index is 0.251. The van der Waals surface area contributed by atoms with Gasteiger partial charge in [0, 0.05) is 22.4 Å². The van der Waals surface area contributed by atoms with E-state index in [0.29, 0.717) is 0 Å². The van der Waals surface area contributed by atoms with E-state index in [1.54, 1.807) is 19.4 Å². The van der Waals surface area contributed by atoms with E-state index < -0.39 is 0 Å². The molecule has 21 heavy (non-hydrogen) atoms. The van der Waals surface area contributed by atoms with Crippen molar-refractivity contribution in [2.75, 3.05) is 7.11 Å². The fourth-order valence-electron chi connectivity index (χ4n) is 2.86. The van der Waals surface area contributed by atoms with Gasteiger partial charge in [-0.1, -0.05) is 24.3 Å². The Labute approximate surface area is 121 Å². The number of nitrogens with zero attached hydrogens (tertiary/aromatic N) is 1. The van der Waals surface area contributed by atoms with E-state index in [2.05, 4.69) is 4.98 Å². The maximum atomic E-state index is 10.3. The topological polar surface area (TPSA) is 42.4 Å². The highest BCUT2D eigenvalue weighted by atomic mass is 16.5. The van der Waals surface area contributed by atoms with Gasteiger partial charge in [0.15, 0.2) is 0 Å². The molecule has 0 aliphatic heterocycles. The molecular weight excluding hydrogens is 262 g/mol. The number of aromatic hydroxyl groups is 1. The Kier molecular flexibility index (Phi) is 2.48. The molecule has 0 spiro atoms. The van der Waals surface area contributed by atoms with Gasteiger partial charge in [-0.05, 0) is 35.0 Å². The second-order valence-electron chi connectivity index (χ2n) is 5.05. The van der Waals surface area contributed by atoms with Gasteiger partial charge in [-0.3, -0.25) is 4.98 Å². The zero-order valence-electron chi connectivity index (χ0n) is 11.5. The van der Waals surface area contributed by atoms with Gasteiger partial charge in [0.1, 0.15) is 11.5 Å². The first-order valence-corrected chi connectivity index (χ1v) is 6.75. The Morgan fingerprint density at radius 2 is 1.81 bits per heavy atom. The Hall–Kier alpha value is -2.81. The van der Waals surface area contributed by atoms with Crippen molar-refractivity contribution in [3.05, 3.63) is 54.7 Å². The number of fused-ring (bicyclic) bond motifs is 5. The quantitative estimate of drug-likeness (QED) is 0.528.